The van der Waals surface area contributed by atoms with Crippen molar-refractivity contribution in [2.45, 2.75) is 0 Å². The molecule has 6 heteroatoms. The lowest BCUT2D eigenvalue weighted by Crippen LogP contribution is -2.01. The summed E-state index contributed by atoms with van der Waals surface area (Å²) in [5.41, 5.74) is 3.79. The zero-order chi connectivity index (χ0) is 13.6. The molecule has 1 unspecified atom stereocenters. The van der Waals surface area contributed by atoms with Gasteiger partial charge < -0.3 is 0 Å². The quantitative estimate of drug-likeness (QED) is 0.399. The van der Waals surface area contributed by atoms with Gasteiger partial charge in [0.15, 0.2) is 0 Å². The van der Waals surface area contributed by atoms with Gasteiger partial charge in [0.05, 0.1) is 11.0 Å². The molecule has 0 amide bonds. The summed E-state index contributed by atoms with van der Waals surface area (Å²) in [6.45, 7) is 0. The molecule has 2 nitrogen and oxygen atoms in total. The van der Waals surface area contributed by atoms with Crippen LogP contribution in [0.25, 0.3) is 21.8 Å². The highest BCUT2D eigenvalue weighted by atomic mass is 32.2. The van der Waals surface area contributed by atoms with E-state index in [1.54, 1.807) is 12.1 Å². The minimum Gasteiger partial charge on any atom is -0.270 e. The van der Waals surface area contributed by atoms with Gasteiger partial charge in [-0.3, -0.25) is 3.97 Å². The van der Waals surface area contributed by atoms with Gasteiger partial charge in [-0.15, -0.1) is 0 Å². The molecule has 0 aliphatic carbocycles. The zero-order valence-corrected chi connectivity index (χ0v) is 12.5. The summed E-state index contributed by atoms with van der Waals surface area (Å²) in [6, 6.07) is 11.9. The minimum atomic E-state index is 0.762. The van der Waals surface area contributed by atoms with Crippen LogP contribution in [0.15, 0.2) is 36.4 Å². The predicted octanol–water partition coefficient (Wildman–Crippen LogP) is 1.52. The second-order valence-electron chi connectivity index (χ2n) is 4.48. The number of fused-ring (bicyclic) bond motifs is 3. The first-order valence-corrected chi connectivity index (χ1v) is 7.07. The third kappa shape index (κ3) is 2.31. The fourth-order valence-electron chi connectivity index (χ4n) is 2.24. The van der Waals surface area contributed by atoms with Crippen molar-refractivity contribution in [2.24, 2.45) is 0 Å². The average molecular weight is 280 g/mol. The number of aromatic nitrogens is 1. The normalized spacial score (nSPS) is 11.7. The van der Waals surface area contributed by atoms with E-state index in [4.69, 9.17) is 15.7 Å². The third-order valence-electron chi connectivity index (χ3n) is 2.98. The van der Waals surface area contributed by atoms with Gasteiger partial charge in [0, 0.05) is 30.0 Å². The van der Waals surface area contributed by atoms with E-state index < -0.39 is 0 Å². The molecule has 0 bridgehead atoms. The van der Waals surface area contributed by atoms with E-state index in [9.17, 15) is 0 Å². The van der Waals surface area contributed by atoms with Crippen LogP contribution < -0.4 is 10.9 Å². The topological polar surface area (TPSA) is 8.17 Å². The number of benzene rings is 2. The van der Waals surface area contributed by atoms with Gasteiger partial charge in [-0.05, 0) is 12.1 Å². The molecule has 1 heterocycles. The Hall–Kier alpha value is -0.890. The van der Waals surface area contributed by atoms with E-state index in [1.165, 1.54) is 0 Å². The van der Waals surface area contributed by atoms with Crippen LogP contribution in [-0.2, 0) is 0 Å². The van der Waals surface area contributed by atoms with Crippen LogP contribution in [0.5, 0.6) is 0 Å². The maximum atomic E-state index is 5.90. The number of rotatable bonds is 2. The summed E-state index contributed by atoms with van der Waals surface area (Å²) in [5.74, 6) is 0. The highest BCUT2D eigenvalue weighted by Crippen LogP contribution is 2.32. The molecule has 0 saturated heterocycles. The molecule has 1 atom stereocenters. The minimum absolute atomic E-state index is 0.762. The van der Waals surface area contributed by atoms with Crippen LogP contribution in [0.2, 0.25) is 0 Å². The Labute approximate surface area is 121 Å². The van der Waals surface area contributed by atoms with Gasteiger partial charge in [-0.2, -0.15) is 0 Å². The van der Waals surface area contributed by atoms with E-state index in [-0.39, 0.29) is 0 Å². The smallest absolute Gasteiger partial charge is 0.113 e. The highest BCUT2D eigenvalue weighted by Gasteiger charge is 2.11. The van der Waals surface area contributed by atoms with Crippen molar-refractivity contribution in [2.75, 3.05) is 7.05 Å². The number of hydrogen-bond acceptors (Lipinski definition) is 2. The lowest BCUT2D eigenvalue weighted by molar-refractivity contribution is 0.937. The van der Waals surface area contributed by atoms with Crippen LogP contribution in [0.1, 0.15) is 0 Å². The van der Waals surface area contributed by atoms with E-state index >= 15 is 0 Å². The Bertz CT molecular complexity index is 711. The average Bonchev–Trinajstić information content (AvgIpc) is 2.62. The molecule has 0 spiro atoms. The largest absolute Gasteiger partial charge is 0.270 e. The Morgan fingerprint density at radius 2 is 1.47 bits per heavy atom. The van der Waals surface area contributed by atoms with E-state index in [1.807, 2.05) is 47.5 Å². The molecule has 0 aliphatic heterocycles. The molecular weight excluding hydrogens is 269 g/mol. The SMILES string of the molecule is [B]c1ccc2c(c1)c1cc([B])ccc1n2SN(C)P. The molecule has 0 N–H and O–H groups in total. The number of hydrogen-bond donors (Lipinski definition) is 0. The van der Waals surface area contributed by atoms with Crippen molar-refractivity contribution in [1.29, 1.82) is 0 Å². The summed E-state index contributed by atoms with van der Waals surface area (Å²) in [4.78, 5) is 0. The van der Waals surface area contributed by atoms with Crippen LogP contribution in [-0.4, -0.2) is 30.8 Å². The molecule has 0 aliphatic rings. The summed E-state index contributed by atoms with van der Waals surface area (Å²) >= 11 is 1.61. The molecule has 1 aromatic heterocycles. The molecule has 90 valence electrons. The lowest BCUT2D eigenvalue weighted by atomic mass is 9.92. The van der Waals surface area contributed by atoms with Crippen molar-refractivity contribution in [3.8, 4) is 0 Å². The summed E-state index contributed by atoms with van der Waals surface area (Å²) in [6.07, 6.45) is 0. The Kier molecular flexibility index (Phi) is 3.38. The van der Waals surface area contributed by atoms with Gasteiger partial charge in [0.1, 0.15) is 15.7 Å². The van der Waals surface area contributed by atoms with Gasteiger partial charge in [0.2, 0.25) is 0 Å². The Morgan fingerprint density at radius 3 is 1.89 bits per heavy atom. The molecule has 3 rings (SSSR count). The maximum Gasteiger partial charge on any atom is 0.113 e. The van der Waals surface area contributed by atoms with Gasteiger partial charge in [-0.25, -0.2) is 4.08 Å². The molecule has 4 radical (unpaired) electrons. The van der Waals surface area contributed by atoms with Gasteiger partial charge in [0.25, 0.3) is 0 Å². The fraction of sp³-hybridized carbons (Fsp3) is 0.0769. The summed E-state index contributed by atoms with van der Waals surface area (Å²) in [5, 5.41) is 2.25. The van der Waals surface area contributed by atoms with Crippen LogP contribution in [0, 0.1) is 0 Å². The van der Waals surface area contributed by atoms with Gasteiger partial charge in [-0.1, -0.05) is 44.6 Å². The molecule has 2 aromatic carbocycles. The second kappa shape index (κ2) is 4.90. The van der Waals surface area contributed by atoms with Crippen molar-refractivity contribution < 1.29 is 0 Å². The van der Waals surface area contributed by atoms with Crippen molar-refractivity contribution in [3.63, 3.8) is 0 Å². The first kappa shape index (κ1) is 13.1. The first-order valence-electron chi connectivity index (χ1n) is 5.82. The second-order valence-corrected chi connectivity index (χ2v) is 6.73. The predicted molar refractivity (Wildman–Crippen MR) is 90.7 cm³/mol. The van der Waals surface area contributed by atoms with E-state index in [0.29, 0.717) is 0 Å². The maximum absolute atomic E-state index is 5.90. The fourth-order valence-corrected chi connectivity index (χ4v) is 3.27. The molecule has 19 heavy (non-hydrogen) atoms. The molecule has 3 aromatic rings. The summed E-state index contributed by atoms with van der Waals surface area (Å²) in [7, 11) is 16.4. The lowest BCUT2D eigenvalue weighted by Gasteiger charge is -2.11. The van der Waals surface area contributed by atoms with Crippen LogP contribution in [0.4, 0.5) is 0 Å². The third-order valence-corrected chi connectivity index (χ3v) is 4.08. The zero-order valence-electron chi connectivity index (χ0n) is 10.5. The van der Waals surface area contributed by atoms with Crippen molar-refractivity contribution in [1.82, 2.24) is 8.05 Å². The van der Waals surface area contributed by atoms with E-state index in [2.05, 4.69) is 13.4 Å². The monoisotopic (exact) mass is 280 g/mol. The van der Waals surface area contributed by atoms with Crippen molar-refractivity contribution >= 4 is 69.9 Å². The van der Waals surface area contributed by atoms with Crippen molar-refractivity contribution in [3.05, 3.63) is 36.4 Å². The van der Waals surface area contributed by atoms with Gasteiger partial charge >= 0.3 is 0 Å². The number of nitrogens with zero attached hydrogens (tertiary/aromatic N) is 2. The Morgan fingerprint density at radius 1 is 1.00 bits per heavy atom. The van der Waals surface area contributed by atoms with Crippen LogP contribution in [0.3, 0.4) is 0 Å². The Balaban J connectivity index is 2.43. The summed E-state index contributed by atoms with van der Waals surface area (Å²) < 4.78 is 4.15. The standard InChI is InChI=1S/C13H11B2N2PS/c1-16(18)19-17-12-4-2-8(14)6-10(12)11-7-9(15)3-5-13(11)17/h2-7H,18H2,1H3. The highest BCUT2D eigenvalue weighted by molar-refractivity contribution is 7.98. The first-order chi connectivity index (χ1) is 9.06. The molecular formula is C13H11B2N2PS. The molecule has 0 fully saturated rings. The van der Waals surface area contributed by atoms with E-state index in [0.717, 1.165) is 32.7 Å². The van der Waals surface area contributed by atoms with Crippen LogP contribution >= 0.6 is 21.5 Å². The molecule has 0 saturated carbocycles.